The van der Waals surface area contributed by atoms with Crippen molar-refractivity contribution in [2.45, 2.75) is 45.3 Å². The Morgan fingerprint density at radius 2 is 1.67 bits per heavy atom. The highest BCUT2D eigenvalue weighted by Gasteiger charge is 2.36. The summed E-state index contributed by atoms with van der Waals surface area (Å²) in [7, 11) is -1.65. The maximum Gasteiger partial charge on any atom is 0.191 e. The van der Waals surface area contributed by atoms with Crippen LogP contribution in [0.4, 0.5) is 0 Å². The lowest BCUT2D eigenvalue weighted by Crippen LogP contribution is -2.41. The lowest BCUT2D eigenvalue weighted by molar-refractivity contribution is 0.292. The Labute approximate surface area is 138 Å². The monoisotopic (exact) mass is 364 g/mol. The highest BCUT2D eigenvalue weighted by atomic mass is 79.9. The van der Waals surface area contributed by atoms with Crippen LogP contribution in [-0.2, 0) is 10.8 Å². The molecule has 0 saturated heterocycles. The van der Waals surface area contributed by atoms with E-state index in [1.807, 2.05) is 0 Å². The maximum absolute atomic E-state index is 6.31. The summed E-state index contributed by atoms with van der Waals surface area (Å²) in [6.45, 7) is 12.3. The van der Waals surface area contributed by atoms with Crippen molar-refractivity contribution in [3.63, 3.8) is 0 Å². The Hall–Kier alpha value is -0.643. The Morgan fingerprint density at radius 3 is 2.29 bits per heavy atom. The molecular weight excluding hydrogens is 340 g/mol. The molecule has 0 heterocycles. The fourth-order valence-electron chi connectivity index (χ4n) is 2.21. The van der Waals surface area contributed by atoms with E-state index >= 15 is 0 Å². The maximum atomic E-state index is 6.31. The zero-order valence-electron chi connectivity index (χ0n) is 13.7. The standard InChI is InChI=1S/C18H25BrOSi/c1-18(2,3)21(4,5)20-13-12-15-9-6-8-14-10-7-11-16(19)17(14)15/h6-11H,12-13H2,1-5H3. The third-order valence-electron chi connectivity index (χ3n) is 4.58. The molecule has 0 amide bonds. The van der Waals surface area contributed by atoms with Crippen LogP contribution < -0.4 is 0 Å². The number of hydrogen-bond donors (Lipinski definition) is 0. The topological polar surface area (TPSA) is 9.23 Å². The number of benzene rings is 2. The fraction of sp³-hybridized carbons (Fsp3) is 0.444. The normalized spacial score (nSPS) is 12.9. The average molecular weight is 365 g/mol. The zero-order valence-corrected chi connectivity index (χ0v) is 16.3. The summed E-state index contributed by atoms with van der Waals surface area (Å²) in [6, 6.07) is 12.9. The predicted octanol–water partition coefficient (Wildman–Crippen LogP) is 6.17. The van der Waals surface area contributed by atoms with E-state index in [0.717, 1.165) is 13.0 Å². The molecule has 0 saturated carbocycles. The first-order chi connectivity index (χ1) is 9.72. The van der Waals surface area contributed by atoms with Crippen LogP contribution in [0.15, 0.2) is 40.9 Å². The second-order valence-electron chi connectivity index (χ2n) is 7.11. The Balaban J connectivity index is 2.15. The summed E-state index contributed by atoms with van der Waals surface area (Å²) >= 11 is 3.68. The first-order valence-corrected chi connectivity index (χ1v) is 11.2. The highest BCUT2D eigenvalue weighted by molar-refractivity contribution is 9.10. The van der Waals surface area contributed by atoms with E-state index in [1.54, 1.807) is 0 Å². The van der Waals surface area contributed by atoms with Crippen molar-refractivity contribution in [3.05, 3.63) is 46.4 Å². The van der Waals surface area contributed by atoms with Gasteiger partial charge in [0.1, 0.15) is 0 Å². The van der Waals surface area contributed by atoms with Gasteiger partial charge in [0.05, 0.1) is 0 Å². The minimum atomic E-state index is -1.65. The lowest BCUT2D eigenvalue weighted by Gasteiger charge is -2.36. The Kier molecular flexibility index (Phi) is 4.96. The van der Waals surface area contributed by atoms with E-state index in [9.17, 15) is 0 Å². The second kappa shape index (κ2) is 6.23. The van der Waals surface area contributed by atoms with E-state index in [2.05, 4.69) is 86.2 Å². The zero-order chi connectivity index (χ0) is 15.7. The summed E-state index contributed by atoms with van der Waals surface area (Å²) in [5.41, 5.74) is 1.36. The molecule has 0 N–H and O–H groups in total. The summed E-state index contributed by atoms with van der Waals surface area (Å²) in [5, 5.41) is 2.87. The smallest absolute Gasteiger partial charge is 0.191 e. The molecule has 0 radical (unpaired) electrons. The fourth-order valence-corrected chi connectivity index (χ4v) is 3.89. The molecule has 0 aliphatic rings. The molecule has 0 atom stereocenters. The molecule has 2 aromatic carbocycles. The van der Waals surface area contributed by atoms with E-state index in [4.69, 9.17) is 4.43 Å². The number of hydrogen-bond acceptors (Lipinski definition) is 1. The minimum absolute atomic E-state index is 0.270. The number of halogens is 1. The van der Waals surface area contributed by atoms with Gasteiger partial charge in [-0.15, -0.1) is 0 Å². The van der Waals surface area contributed by atoms with Crippen LogP contribution in [0.2, 0.25) is 18.1 Å². The Morgan fingerprint density at radius 1 is 1.05 bits per heavy atom. The van der Waals surface area contributed by atoms with Crippen molar-refractivity contribution in [2.75, 3.05) is 6.61 Å². The van der Waals surface area contributed by atoms with Crippen LogP contribution >= 0.6 is 15.9 Å². The van der Waals surface area contributed by atoms with Gasteiger partial charge in [-0.3, -0.25) is 0 Å². The van der Waals surface area contributed by atoms with Gasteiger partial charge in [0.15, 0.2) is 8.32 Å². The molecule has 0 aliphatic carbocycles. The summed E-state index contributed by atoms with van der Waals surface area (Å²) in [5.74, 6) is 0. The van der Waals surface area contributed by atoms with Gasteiger partial charge >= 0.3 is 0 Å². The average Bonchev–Trinajstić information content (AvgIpc) is 2.37. The molecule has 0 fully saturated rings. The van der Waals surface area contributed by atoms with Crippen LogP contribution in [-0.4, -0.2) is 14.9 Å². The molecule has 0 aliphatic heterocycles. The van der Waals surface area contributed by atoms with E-state index in [-0.39, 0.29) is 5.04 Å². The third-order valence-corrected chi connectivity index (χ3v) is 9.78. The van der Waals surface area contributed by atoms with Crippen LogP contribution in [0.5, 0.6) is 0 Å². The lowest BCUT2D eigenvalue weighted by atomic mass is 10.0. The van der Waals surface area contributed by atoms with E-state index < -0.39 is 8.32 Å². The number of fused-ring (bicyclic) bond motifs is 1. The van der Waals surface area contributed by atoms with Crippen molar-refractivity contribution in [2.24, 2.45) is 0 Å². The summed E-state index contributed by atoms with van der Waals surface area (Å²) in [6.07, 6.45) is 0.965. The van der Waals surface area contributed by atoms with Crippen LogP contribution in [0.1, 0.15) is 26.3 Å². The predicted molar refractivity (Wildman–Crippen MR) is 98.5 cm³/mol. The molecule has 0 bridgehead atoms. The van der Waals surface area contributed by atoms with Crippen molar-refractivity contribution in [1.29, 1.82) is 0 Å². The van der Waals surface area contributed by atoms with Crippen LogP contribution in [0, 0.1) is 0 Å². The molecule has 1 nitrogen and oxygen atoms in total. The van der Waals surface area contributed by atoms with Crippen molar-refractivity contribution >= 4 is 35.0 Å². The number of rotatable bonds is 4. The molecule has 0 unspecified atom stereocenters. The van der Waals surface area contributed by atoms with Gasteiger partial charge in [0.25, 0.3) is 0 Å². The third kappa shape index (κ3) is 3.76. The van der Waals surface area contributed by atoms with Crippen LogP contribution in [0.25, 0.3) is 10.8 Å². The van der Waals surface area contributed by atoms with Gasteiger partial charge in [-0.05, 0) is 47.0 Å². The Bertz CT molecular complexity index is 623. The highest BCUT2D eigenvalue weighted by Crippen LogP contribution is 2.36. The first-order valence-electron chi connectivity index (χ1n) is 7.52. The molecule has 0 spiro atoms. The first kappa shape index (κ1) is 16.7. The molecule has 2 rings (SSSR count). The SMILES string of the molecule is CC(C)(C)[Si](C)(C)OCCc1cccc2cccc(Br)c12. The quantitative estimate of drug-likeness (QED) is 0.589. The van der Waals surface area contributed by atoms with Gasteiger partial charge in [0, 0.05) is 11.1 Å². The van der Waals surface area contributed by atoms with Crippen LogP contribution in [0.3, 0.4) is 0 Å². The van der Waals surface area contributed by atoms with Gasteiger partial charge in [0.2, 0.25) is 0 Å². The largest absolute Gasteiger partial charge is 0.416 e. The summed E-state index contributed by atoms with van der Waals surface area (Å²) < 4.78 is 7.48. The molecule has 3 heteroatoms. The summed E-state index contributed by atoms with van der Waals surface area (Å²) in [4.78, 5) is 0. The minimum Gasteiger partial charge on any atom is -0.416 e. The molecule has 114 valence electrons. The molecule has 21 heavy (non-hydrogen) atoms. The molecular formula is C18H25BrOSi. The van der Waals surface area contributed by atoms with Crippen molar-refractivity contribution in [1.82, 2.24) is 0 Å². The van der Waals surface area contributed by atoms with Crippen molar-refractivity contribution in [3.8, 4) is 0 Å². The van der Waals surface area contributed by atoms with E-state index in [0.29, 0.717) is 0 Å². The molecule has 2 aromatic rings. The van der Waals surface area contributed by atoms with Crippen molar-refractivity contribution < 1.29 is 4.43 Å². The second-order valence-corrected chi connectivity index (χ2v) is 12.8. The van der Waals surface area contributed by atoms with Gasteiger partial charge in [-0.1, -0.05) is 67.0 Å². The van der Waals surface area contributed by atoms with Gasteiger partial charge in [-0.2, -0.15) is 0 Å². The van der Waals surface area contributed by atoms with E-state index in [1.165, 1.54) is 20.8 Å². The van der Waals surface area contributed by atoms with Gasteiger partial charge < -0.3 is 4.43 Å². The molecule has 0 aromatic heterocycles. The van der Waals surface area contributed by atoms with Gasteiger partial charge in [-0.25, -0.2) is 0 Å².